The van der Waals surface area contributed by atoms with Crippen molar-refractivity contribution in [3.8, 4) is 0 Å². The minimum atomic E-state index is 0. The molecule has 0 saturated carbocycles. The minimum absolute atomic E-state index is 0. The second-order valence-corrected chi connectivity index (χ2v) is 6.83. The number of quaternary nitrogens is 1. The Balaban J connectivity index is 0.00000264. The summed E-state index contributed by atoms with van der Waals surface area (Å²) in [7, 11) is 0. The first-order valence-electron chi connectivity index (χ1n) is 8.73. The van der Waals surface area contributed by atoms with Crippen LogP contribution in [0.15, 0.2) is 18.2 Å². The van der Waals surface area contributed by atoms with E-state index >= 15 is 0 Å². The van der Waals surface area contributed by atoms with Crippen LogP contribution in [0, 0.1) is 13.8 Å². The number of nitrogens with zero attached hydrogens (tertiary/aromatic N) is 1. The van der Waals surface area contributed by atoms with E-state index in [-0.39, 0.29) is 44.7 Å². The van der Waals surface area contributed by atoms with Gasteiger partial charge in [-0.2, -0.15) is 0 Å². The molecular formula is C19H31N2OY+. The molecule has 1 unspecified atom stereocenters. The Kier molecular flexibility index (Phi) is 8.40. The van der Waals surface area contributed by atoms with Crippen LogP contribution >= 0.6 is 0 Å². The van der Waals surface area contributed by atoms with Gasteiger partial charge < -0.3 is 9.80 Å². The molecule has 1 aromatic carbocycles. The molecule has 1 atom stereocenters. The average Bonchev–Trinajstić information content (AvgIpc) is 2.76. The van der Waals surface area contributed by atoms with Crippen LogP contribution in [0.25, 0.3) is 0 Å². The average molecular weight is 392 g/mol. The standard InChI is InChI=1S/C19H30N2O.Y/c1-5-21(13-8-6-7-9-14-21)17(4)19(22)20-18-15(2)11-10-12-16(18)3;/h10-12,17H,5-9,13-14H2,1-4H3;/p+1. The molecule has 0 aliphatic carbocycles. The smallest absolute Gasteiger partial charge is 0.282 e. The van der Waals surface area contributed by atoms with Gasteiger partial charge in [-0.25, -0.2) is 0 Å². The monoisotopic (exact) mass is 392 g/mol. The molecule has 125 valence electrons. The Morgan fingerprint density at radius 3 is 2.13 bits per heavy atom. The Hall–Kier alpha value is -0.246. The number of aryl methyl sites for hydroxylation is 2. The number of hydrogen-bond acceptors (Lipinski definition) is 1. The van der Waals surface area contributed by atoms with Gasteiger partial charge in [-0.15, -0.1) is 0 Å². The largest absolute Gasteiger partial charge is 0.320 e. The normalized spacial score (nSPS) is 18.4. The molecule has 4 heteroatoms. The van der Waals surface area contributed by atoms with Crippen molar-refractivity contribution in [3.63, 3.8) is 0 Å². The fourth-order valence-corrected chi connectivity index (χ4v) is 3.78. The third kappa shape index (κ3) is 4.87. The number of carbonyl (C=O) groups is 1. The molecule has 1 N–H and O–H groups in total. The van der Waals surface area contributed by atoms with Gasteiger partial charge in [0.25, 0.3) is 5.91 Å². The Morgan fingerprint density at radius 2 is 1.65 bits per heavy atom. The number of likely N-dealkylation sites (tertiary alicyclic amines) is 1. The van der Waals surface area contributed by atoms with Gasteiger partial charge in [0.05, 0.1) is 19.6 Å². The molecule has 1 aromatic rings. The molecule has 0 bridgehead atoms. The van der Waals surface area contributed by atoms with Crippen LogP contribution in [-0.2, 0) is 37.5 Å². The minimum Gasteiger partial charge on any atom is -0.320 e. The maximum absolute atomic E-state index is 12.9. The quantitative estimate of drug-likeness (QED) is 0.770. The third-order valence-electron chi connectivity index (χ3n) is 5.52. The SMILES string of the molecule is CC[N+]1(C(C)C(=O)Nc2c(C)cccc2C)CCCCCC1.[Y]. The van der Waals surface area contributed by atoms with Gasteiger partial charge in [0.15, 0.2) is 6.04 Å². The second kappa shape index (κ2) is 9.29. The van der Waals surface area contributed by atoms with Crippen LogP contribution in [0.3, 0.4) is 0 Å². The van der Waals surface area contributed by atoms with Crippen molar-refractivity contribution in [2.24, 2.45) is 0 Å². The number of nitrogens with one attached hydrogen (secondary N) is 1. The van der Waals surface area contributed by atoms with Gasteiger partial charge in [-0.3, -0.25) is 4.79 Å². The van der Waals surface area contributed by atoms with Gasteiger partial charge >= 0.3 is 0 Å². The molecule has 3 nitrogen and oxygen atoms in total. The summed E-state index contributed by atoms with van der Waals surface area (Å²) in [5.74, 6) is 0.168. The zero-order valence-corrected chi connectivity index (χ0v) is 18.0. The van der Waals surface area contributed by atoms with Crippen molar-refractivity contribution < 1.29 is 42.0 Å². The van der Waals surface area contributed by atoms with Crippen molar-refractivity contribution >= 4 is 11.6 Å². The molecule has 1 aliphatic rings. The van der Waals surface area contributed by atoms with Gasteiger partial charge in [0.2, 0.25) is 0 Å². The number of para-hydroxylation sites is 1. The fraction of sp³-hybridized carbons (Fsp3) is 0.632. The Morgan fingerprint density at radius 1 is 1.13 bits per heavy atom. The van der Waals surface area contributed by atoms with E-state index in [1.807, 2.05) is 6.07 Å². The van der Waals surface area contributed by atoms with E-state index in [0.717, 1.165) is 40.9 Å². The molecule has 0 aromatic heterocycles. The number of rotatable bonds is 4. The number of hydrogen-bond donors (Lipinski definition) is 1. The summed E-state index contributed by atoms with van der Waals surface area (Å²) in [5, 5.41) is 3.20. The van der Waals surface area contributed by atoms with Crippen LogP contribution < -0.4 is 5.32 Å². The molecule has 1 radical (unpaired) electrons. The molecule has 1 fully saturated rings. The van der Waals surface area contributed by atoms with Gasteiger partial charge in [-0.05, 0) is 64.5 Å². The molecule has 1 amide bonds. The van der Waals surface area contributed by atoms with E-state index in [0.29, 0.717) is 0 Å². The molecule has 1 heterocycles. The molecule has 2 rings (SSSR count). The van der Waals surface area contributed by atoms with Gasteiger partial charge in [-0.1, -0.05) is 18.2 Å². The number of benzene rings is 1. The molecular weight excluding hydrogens is 361 g/mol. The molecule has 1 aliphatic heterocycles. The van der Waals surface area contributed by atoms with Crippen LogP contribution in [0.4, 0.5) is 5.69 Å². The van der Waals surface area contributed by atoms with Crippen molar-refractivity contribution in [3.05, 3.63) is 29.3 Å². The first-order valence-corrected chi connectivity index (χ1v) is 8.73. The predicted molar refractivity (Wildman–Crippen MR) is 93.0 cm³/mol. The van der Waals surface area contributed by atoms with Crippen molar-refractivity contribution in [2.75, 3.05) is 25.0 Å². The summed E-state index contributed by atoms with van der Waals surface area (Å²) >= 11 is 0. The first-order chi connectivity index (χ1) is 10.5. The fourth-order valence-electron chi connectivity index (χ4n) is 3.78. The van der Waals surface area contributed by atoms with Gasteiger partial charge in [0, 0.05) is 38.4 Å². The van der Waals surface area contributed by atoms with Crippen LogP contribution in [0.5, 0.6) is 0 Å². The topological polar surface area (TPSA) is 29.1 Å². The number of anilines is 1. The second-order valence-electron chi connectivity index (χ2n) is 6.83. The van der Waals surface area contributed by atoms with Gasteiger partial charge in [0.1, 0.15) is 0 Å². The summed E-state index contributed by atoms with van der Waals surface area (Å²) in [6.45, 7) is 11.8. The zero-order valence-electron chi connectivity index (χ0n) is 15.2. The van der Waals surface area contributed by atoms with E-state index in [2.05, 4.69) is 45.1 Å². The van der Waals surface area contributed by atoms with E-state index in [1.165, 1.54) is 25.7 Å². The van der Waals surface area contributed by atoms with Crippen LogP contribution in [0.1, 0.15) is 50.7 Å². The summed E-state index contributed by atoms with van der Waals surface area (Å²) in [4.78, 5) is 12.9. The maximum atomic E-state index is 12.9. The van der Waals surface area contributed by atoms with Crippen molar-refractivity contribution in [1.29, 1.82) is 0 Å². The summed E-state index contributed by atoms with van der Waals surface area (Å²) in [5.41, 5.74) is 3.27. The Bertz CT molecular complexity index is 502. The van der Waals surface area contributed by atoms with E-state index in [9.17, 15) is 4.79 Å². The third-order valence-corrected chi connectivity index (χ3v) is 5.52. The van der Waals surface area contributed by atoms with E-state index in [1.54, 1.807) is 0 Å². The van der Waals surface area contributed by atoms with Crippen LogP contribution in [0.2, 0.25) is 0 Å². The zero-order chi connectivity index (χ0) is 16.2. The summed E-state index contributed by atoms with van der Waals surface area (Å²) in [6, 6.07) is 6.17. The summed E-state index contributed by atoms with van der Waals surface area (Å²) < 4.78 is 0.941. The molecule has 23 heavy (non-hydrogen) atoms. The maximum Gasteiger partial charge on any atom is 0.282 e. The van der Waals surface area contributed by atoms with Crippen LogP contribution in [-0.4, -0.2) is 36.1 Å². The molecule has 0 spiro atoms. The number of amides is 1. The number of likely N-dealkylation sites (N-methyl/N-ethyl adjacent to an activating group) is 1. The Labute approximate surface area is 166 Å². The predicted octanol–water partition coefficient (Wildman–Crippen LogP) is 4.04. The van der Waals surface area contributed by atoms with Crippen molar-refractivity contribution in [1.82, 2.24) is 0 Å². The van der Waals surface area contributed by atoms with E-state index in [4.69, 9.17) is 0 Å². The van der Waals surface area contributed by atoms with Crippen molar-refractivity contribution in [2.45, 2.75) is 59.4 Å². The first kappa shape index (κ1) is 20.8. The van der Waals surface area contributed by atoms with E-state index < -0.39 is 0 Å². The molecule has 1 saturated heterocycles. The number of carbonyl (C=O) groups excluding carboxylic acids is 1. The summed E-state index contributed by atoms with van der Waals surface area (Å²) in [6.07, 6.45) is 5.11.